The maximum absolute atomic E-state index is 6.16. The zero-order chi connectivity index (χ0) is 11.7. The molecular formula is C12H22ClN5. The predicted octanol–water partition coefficient (Wildman–Crippen LogP) is 1.71. The summed E-state index contributed by atoms with van der Waals surface area (Å²) >= 11 is 0. The van der Waals surface area contributed by atoms with Gasteiger partial charge in [-0.2, -0.15) is 0 Å². The molecule has 3 N–H and O–H groups in total. The van der Waals surface area contributed by atoms with E-state index in [4.69, 9.17) is 5.73 Å². The highest BCUT2D eigenvalue weighted by Gasteiger charge is 2.48. The predicted molar refractivity (Wildman–Crippen MR) is 71.3 cm³/mol. The summed E-state index contributed by atoms with van der Waals surface area (Å²) in [5.74, 6) is 2.48. The molecule has 2 bridgehead atoms. The van der Waals surface area contributed by atoms with Gasteiger partial charge < -0.3 is 5.73 Å². The summed E-state index contributed by atoms with van der Waals surface area (Å²) in [7, 11) is 0. The van der Waals surface area contributed by atoms with Crippen molar-refractivity contribution < 1.29 is 0 Å². The quantitative estimate of drug-likeness (QED) is 0.877. The zero-order valence-electron chi connectivity index (χ0n) is 10.6. The minimum atomic E-state index is 0. The number of tetrazole rings is 1. The van der Waals surface area contributed by atoms with Crippen LogP contribution in [-0.4, -0.2) is 27.2 Å². The van der Waals surface area contributed by atoms with E-state index in [9.17, 15) is 0 Å². The Kier molecular flexibility index (Phi) is 4.22. The largest absolute Gasteiger partial charge is 0.330 e. The molecular weight excluding hydrogens is 250 g/mol. The molecule has 6 heteroatoms. The molecule has 0 atom stereocenters. The molecule has 0 spiro atoms. The molecule has 2 aliphatic rings. The van der Waals surface area contributed by atoms with Crippen molar-refractivity contribution in [3.63, 3.8) is 0 Å². The molecule has 5 nitrogen and oxygen atoms in total. The SMILES string of the molecule is Cl.NCC1(Cc2nnn[nH]2)C2CCCC1CCC2. The van der Waals surface area contributed by atoms with Crippen LogP contribution in [0.5, 0.6) is 0 Å². The van der Waals surface area contributed by atoms with Gasteiger partial charge in [-0.3, -0.25) is 0 Å². The maximum Gasteiger partial charge on any atom is 0.149 e. The topological polar surface area (TPSA) is 80.5 Å². The van der Waals surface area contributed by atoms with Gasteiger partial charge >= 0.3 is 0 Å². The summed E-state index contributed by atoms with van der Waals surface area (Å²) in [4.78, 5) is 0. The lowest BCUT2D eigenvalue weighted by atomic mass is 9.53. The van der Waals surface area contributed by atoms with Gasteiger partial charge in [0.2, 0.25) is 0 Å². The van der Waals surface area contributed by atoms with Crippen molar-refractivity contribution in [1.29, 1.82) is 0 Å². The lowest BCUT2D eigenvalue weighted by Crippen LogP contribution is -2.50. The Morgan fingerprint density at radius 1 is 1.17 bits per heavy atom. The van der Waals surface area contributed by atoms with E-state index in [0.29, 0.717) is 0 Å². The van der Waals surface area contributed by atoms with Crippen LogP contribution in [0, 0.1) is 17.3 Å². The van der Waals surface area contributed by atoms with Crippen LogP contribution >= 0.6 is 12.4 Å². The minimum absolute atomic E-state index is 0. The van der Waals surface area contributed by atoms with Crippen LogP contribution in [0.4, 0.5) is 0 Å². The maximum atomic E-state index is 6.16. The monoisotopic (exact) mass is 271 g/mol. The van der Waals surface area contributed by atoms with Crippen LogP contribution < -0.4 is 5.73 Å². The first-order chi connectivity index (χ1) is 8.35. The van der Waals surface area contributed by atoms with E-state index in [2.05, 4.69) is 20.6 Å². The molecule has 0 amide bonds. The molecule has 0 aliphatic heterocycles. The van der Waals surface area contributed by atoms with Crippen molar-refractivity contribution in [3.05, 3.63) is 5.82 Å². The third-order valence-corrected chi connectivity index (χ3v) is 5.10. The van der Waals surface area contributed by atoms with E-state index in [0.717, 1.165) is 30.6 Å². The number of aromatic nitrogens is 4. The fourth-order valence-electron chi connectivity index (χ4n) is 4.25. The fraction of sp³-hybridized carbons (Fsp3) is 0.917. The normalized spacial score (nSPS) is 34.9. The fourth-order valence-corrected chi connectivity index (χ4v) is 4.25. The van der Waals surface area contributed by atoms with Crippen molar-refractivity contribution in [3.8, 4) is 0 Å². The Morgan fingerprint density at radius 3 is 2.22 bits per heavy atom. The molecule has 0 aromatic carbocycles. The number of nitrogens with one attached hydrogen (secondary N) is 1. The van der Waals surface area contributed by atoms with Crippen LogP contribution in [-0.2, 0) is 6.42 Å². The molecule has 102 valence electrons. The summed E-state index contributed by atoms with van der Waals surface area (Å²) in [6.45, 7) is 0.781. The van der Waals surface area contributed by atoms with E-state index in [1.54, 1.807) is 0 Å². The second kappa shape index (κ2) is 5.53. The van der Waals surface area contributed by atoms with Gasteiger partial charge in [0.15, 0.2) is 0 Å². The highest BCUT2D eigenvalue weighted by molar-refractivity contribution is 5.85. The van der Waals surface area contributed by atoms with Crippen molar-refractivity contribution in [2.24, 2.45) is 23.0 Å². The summed E-state index contributed by atoms with van der Waals surface area (Å²) in [5.41, 5.74) is 6.42. The second-order valence-electron chi connectivity index (χ2n) is 5.72. The third-order valence-electron chi connectivity index (χ3n) is 5.10. The van der Waals surface area contributed by atoms with Gasteiger partial charge in [0, 0.05) is 6.42 Å². The lowest BCUT2D eigenvalue weighted by molar-refractivity contribution is -0.0132. The van der Waals surface area contributed by atoms with Crippen molar-refractivity contribution in [1.82, 2.24) is 20.6 Å². The molecule has 2 fully saturated rings. The first kappa shape index (κ1) is 13.7. The third kappa shape index (κ3) is 2.14. The van der Waals surface area contributed by atoms with Gasteiger partial charge in [-0.15, -0.1) is 17.5 Å². The Bertz CT molecular complexity index is 345. The van der Waals surface area contributed by atoms with Crippen molar-refractivity contribution in [2.75, 3.05) is 6.54 Å². The Labute approximate surface area is 114 Å². The highest BCUT2D eigenvalue weighted by Crippen LogP contribution is 2.53. The number of fused-ring (bicyclic) bond motifs is 2. The molecule has 3 rings (SSSR count). The number of hydrogen-bond acceptors (Lipinski definition) is 4. The first-order valence-corrected chi connectivity index (χ1v) is 6.78. The molecule has 0 saturated heterocycles. The van der Waals surface area contributed by atoms with Crippen LogP contribution in [0.2, 0.25) is 0 Å². The summed E-state index contributed by atoms with van der Waals surface area (Å²) in [5, 5.41) is 14.3. The zero-order valence-corrected chi connectivity index (χ0v) is 11.5. The summed E-state index contributed by atoms with van der Waals surface area (Å²) in [6, 6.07) is 0. The number of halogens is 1. The molecule has 1 aromatic rings. The molecule has 18 heavy (non-hydrogen) atoms. The van der Waals surface area contributed by atoms with Crippen molar-refractivity contribution >= 4 is 12.4 Å². The highest BCUT2D eigenvalue weighted by atomic mass is 35.5. The van der Waals surface area contributed by atoms with E-state index >= 15 is 0 Å². The average Bonchev–Trinajstić information content (AvgIpc) is 2.81. The second-order valence-corrected chi connectivity index (χ2v) is 5.72. The molecule has 2 saturated carbocycles. The number of H-pyrrole nitrogens is 1. The van der Waals surface area contributed by atoms with Gasteiger partial charge in [-0.1, -0.05) is 12.8 Å². The number of nitrogens with two attached hydrogens (primary N) is 1. The molecule has 1 aromatic heterocycles. The van der Waals surface area contributed by atoms with Gasteiger partial charge in [-0.25, -0.2) is 5.10 Å². The Hall–Kier alpha value is -0.680. The standard InChI is InChI=1S/C12H21N5.ClH/c13-8-12(7-11-14-16-17-15-11)9-3-1-4-10(12)6-2-5-9;/h9-10H,1-8,13H2,(H,14,15,16,17);1H. The summed E-state index contributed by atoms with van der Waals surface area (Å²) < 4.78 is 0. The van der Waals surface area contributed by atoms with Crippen LogP contribution in [0.25, 0.3) is 0 Å². The van der Waals surface area contributed by atoms with E-state index in [1.165, 1.54) is 38.5 Å². The molecule has 1 heterocycles. The number of nitrogens with zero attached hydrogens (tertiary/aromatic N) is 3. The molecule has 0 radical (unpaired) electrons. The van der Waals surface area contributed by atoms with Gasteiger partial charge in [0.25, 0.3) is 0 Å². The van der Waals surface area contributed by atoms with Gasteiger partial charge in [-0.05, 0) is 59.9 Å². The van der Waals surface area contributed by atoms with Crippen molar-refractivity contribution in [2.45, 2.75) is 44.9 Å². The average molecular weight is 272 g/mol. The van der Waals surface area contributed by atoms with Gasteiger partial charge in [0.1, 0.15) is 5.82 Å². The van der Waals surface area contributed by atoms with Crippen LogP contribution in [0.1, 0.15) is 44.3 Å². The van der Waals surface area contributed by atoms with E-state index in [1.807, 2.05) is 0 Å². The summed E-state index contributed by atoms with van der Waals surface area (Å²) in [6.07, 6.45) is 9.07. The first-order valence-electron chi connectivity index (χ1n) is 6.78. The number of hydrogen-bond donors (Lipinski definition) is 2. The number of aromatic amines is 1. The van der Waals surface area contributed by atoms with Gasteiger partial charge in [0.05, 0.1) is 0 Å². The van der Waals surface area contributed by atoms with E-state index < -0.39 is 0 Å². The van der Waals surface area contributed by atoms with E-state index in [-0.39, 0.29) is 17.8 Å². The lowest BCUT2D eigenvalue weighted by Gasteiger charge is -2.52. The minimum Gasteiger partial charge on any atom is -0.330 e. The molecule has 0 unspecified atom stereocenters. The Balaban J connectivity index is 0.00000120. The Morgan fingerprint density at radius 2 is 1.78 bits per heavy atom. The smallest absolute Gasteiger partial charge is 0.149 e. The van der Waals surface area contributed by atoms with Crippen LogP contribution in [0.3, 0.4) is 0 Å². The molecule has 2 aliphatic carbocycles. The number of rotatable bonds is 3. The van der Waals surface area contributed by atoms with Crippen LogP contribution in [0.15, 0.2) is 0 Å².